The number of aliphatic hydroxyl groups excluding tert-OH is 1. The van der Waals surface area contributed by atoms with Crippen molar-refractivity contribution in [1.82, 2.24) is 0 Å². The monoisotopic (exact) mass is 248 g/mol. The standard InChI is InChI=1S/C13H16N2O3/c14-11-1-2-13(18-6-4-16)12(7-11)15-8-10-3-5-17-9-10/h1-3,5,7,9,15-16H,4,6,8,14H2. The Labute approximate surface area is 105 Å². The van der Waals surface area contributed by atoms with Gasteiger partial charge in [0, 0.05) is 17.8 Å². The summed E-state index contributed by atoms with van der Waals surface area (Å²) in [6.07, 6.45) is 3.30. The van der Waals surface area contributed by atoms with Gasteiger partial charge in [0.15, 0.2) is 0 Å². The average molecular weight is 248 g/mol. The van der Waals surface area contributed by atoms with Crippen LogP contribution < -0.4 is 15.8 Å². The van der Waals surface area contributed by atoms with E-state index in [1.54, 1.807) is 30.7 Å². The Morgan fingerprint density at radius 2 is 2.22 bits per heavy atom. The molecule has 5 heteroatoms. The molecule has 0 atom stereocenters. The first-order chi connectivity index (χ1) is 8.79. The van der Waals surface area contributed by atoms with E-state index in [2.05, 4.69) is 5.32 Å². The molecular weight excluding hydrogens is 232 g/mol. The van der Waals surface area contributed by atoms with E-state index in [9.17, 15) is 0 Å². The number of benzene rings is 1. The summed E-state index contributed by atoms with van der Waals surface area (Å²) in [5.41, 5.74) is 8.22. The Morgan fingerprint density at radius 3 is 2.94 bits per heavy atom. The van der Waals surface area contributed by atoms with E-state index in [0.717, 1.165) is 11.3 Å². The fourth-order valence-electron chi connectivity index (χ4n) is 1.56. The summed E-state index contributed by atoms with van der Waals surface area (Å²) >= 11 is 0. The van der Waals surface area contributed by atoms with Gasteiger partial charge in [0.25, 0.3) is 0 Å². The first-order valence-corrected chi connectivity index (χ1v) is 5.67. The second-order valence-corrected chi connectivity index (χ2v) is 3.81. The van der Waals surface area contributed by atoms with Crippen molar-refractivity contribution in [3.05, 3.63) is 42.4 Å². The lowest BCUT2D eigenvalue weighted by atomic mass is 10.2. The van der Waals surface area contributed by atoms with Crippen LogP contribution in [0.4, 0.5) is 11.4 Å². The Balaban J connectivity index is 2.06. The molecule has 0 spiro atoms. The van der Waals surface area contributed by atoms with Crippen LogP contribution in [0.15, 0.2) is 41.2 Å². The highest BCUT2D eigenvalue weighted by molar-refractivity contribution is 5.63. The summed E-state index contributed by atoms with van der Waals surface area (Å²) in [7, 11) is 0. The zero-order valence-corrected chi connectivity index (χ0v) is 9.93. The van der Waals surface area contributed by atoms with Crippen LogP contribution in [0, 0.1) is 0 Å². The fraction of sp³-hybridized carbons (Fsp3) is 0.231. The number of nitrogens with one attached hydrogen (secondary N) is 1. The van der Waals surface area contributed by atoms with Crippen LogP contribution in [0.3, 0.4) is 0 Å². The number of rotatable bonds is 6. The fourth-order valence-corrected chi connectivity index (χ4v) is 1.56. The summed E-state index contributed by atoms with van der Waals surface area (Å²) < 4.78 is 10.4. The Morgan fingerprint density at radius 1 is 1.33 bits per heavy atom. The van der Waals surface area contributed by atoms with Crippen LogP contribution in [0.5, 0.6) is 5.75 Å². The topological polar surface area (TPSA) is 80.7 Å². The maximum Gasteiger partial charge on any atom is 0.142 e. The molecule has 0 amide bonds. The highest BCUT2D eigenvalue weighted by atomic mass is 16.5. The van der Waals surface area contributed by atoms with Crippen molar-refractivity contribution >= 4 is 11.4 Å². The molecule has 2 rings (SSSR count). The maximum atomic E-state index is 8.77. The lowest BCUT2D eigenvalue weighted by Crippen LogP contribution is -2.06. The minimum Gasteiger partial charge on any atom is -0.489 e. The third-order valence-corrected chi connectivity index (χ3v) is 2.42. The molecule has 0 radical (unpaired) electrons. The number of nitrogens with two attached hydrogens (primary N) is 1. The SMILES string of the molecule is Nc1ccc(OCCO)c(NCc2ccoc2)c1. The minimum atomic E-state index is -0.0223. The Bertz CT molecular complexity index is 483. The van der Waals surface area contributed by atoms with Gasteiger partial charge in [-0.2, -0.15) is 0 Å². The third kappa shape index (κ3) is 3.18. The lowest BCUT2D eigenvalue weighted by Gasteiger charge is -2.12. The van der Waals surface area contributed by atoms with E-state index in [0.29, 0.717) is 18.0 Å². The number of hydrogen-bond donors (Lipinski definition) is 3. The van der Waals surface area contributed by atoms with Crippen LogP contribution >= 0.6 is 0 Å². The summed E-state index contributed by atoms with van der Waals surface area (Å²) in [4.78, 5) is 0. The predicted octanol–water partition coefficient (Wildman–Crippen LogP) is 1.84. The van der Waals surface area contributed by atoms with Crippen LogP contribution in [0.25, 0.3) is 0 Å². The first-order valence-electron chi connectivity index (χ1n) is 5.67. The molecule has 0 saturated carbocycles. The summed E-state index contributed by atoms with van der Waals surface area (Å²) in [6, 6.07) is 7.22. The Kier molecular flexibility index (Phi) is 4.09. The predicted molar refractivity (Wildman–Crippen MR) is 69.5 cm³/mol. The zero-order valence-electron chi connectivity index (χ0n) is 9.93. The molecular formula is C13H16N2O3. The number of ether oxygens (including phenoxy) is 1. The van der Waals surface area contributed by atoms with Gasteiger partial charge in [0.2, 0.25) is 0 Å². The molecule has 1 heterocycles. The van der Waals surface area contributed by atoms with Crippen molar-refractivity contribution in [3.8, 4) is 5.75 Å². The Hall–Kier alpha value is -2.14. The highest BCUT2D eigenvalue weighted by Gasteiger charge is 2.04. The van der Waals surface area contributed by atoms with E-state index in [-0.39, 0.29) is 13.2 Å². The molecule has 1 aromatic heterocycles. The van der Waals surface area contributed by atoms with Crippen molar-refractivity contribution in [1.29, 1.82) is 0 Å². The normalized spacial score (nSPS) is 10.3. The van der Waals surface area contributed by atoms with Crippen molar-refractivity contribution in [2.24, 2.45) is 0 Å². The van der Waals surface area contributed by atoms with Gasteiger partial charge < -0.3 is 25.3 Å². The molecule has 0 unspecified atom stereocenters. The second-order valence-electron chi connectivity index (χ2n) is 3.81. The molecule has 0 aliphatic heterocycles. The minimum absolute atomic E-state index is 0.0223. The van der Waals surface area contributed by atoms with Gasteiger partial charge in [0.1, 0.15) is 12.4 Å². The van der Waals surface area contributed by atoms with Crippen LogP contribution in [0.2, 0.25) is 0 Å². The van der Waals surface area contributed by atoms with Crippen molar-refractivity contribution in [2.45, 2.75) is 6.54 Å². The highest BCUT2D eigenvalue weighted by Crippen LogP contribution is 2.27. The molecule has 0 aliphatic carbocycles. The summed E-state index contributed by atoms with van der Waals surface area (Å²) in [6.45, 7) is 0.852. The molecule has 18 heavy (non-hydrogen) atoms. The molecule has 4 N–H and O–H groups in total. The third-order valence-electron chi connectivity index (χ3n) is 2.42. The quantitative estimate of drug-likeness (QED) is 0.680. The number of furan rings is 1. The smallest absolute Gasteiger partial charge is 0.142 e. The summed E-state index contributed by atoms with van der Waals surface area (Å²) in [5.74, 6) is 0.668. The lowest BCUT2D eigenvalue weighted by molar-refractivity contribution is 0.202. The van der Waals surface area contributed by atoms with E-state index >= 15 is 0 Å². The number of aliphatic hydroxyl groups is 1. The number of anilines is 2. The van der Waals surface area contributed by atoms with Gasteiger partial charge in [-0.05, 0) is 24.3 Å². The molecule has 1 aromatic carbocycles. The molecule has 0 saturated heterocycles. The number of hydrogen-bond acceptors (Lipinski definition) is 5. The van der Waals surface area contributed by atoms with E-state index < -0.39 is 0 Å². The molecule has 5 nitrogen and oxygen atoms in total. The van der Waals surface area contributed by atoms with Gasteiger partial charge in [-0.3, -0.25) is 0 Å². The molecule has 0 bridgehead atoms. The molecule has 2 aromatic rings. The maximum absolute atomic E-state index is 8.77. The van der Waals surface area contributed by atoms with Gasteiger partial charge in [-0.15, -0.1) is 0 Å². The largest absolute Gasteiger partial charge is 0.489 e. The second kappa shape index (κ2) is 5.97. The van der Waals surface area contributed by atoms with Crippen molar-refractivity contribution in [3.63, 3.8) is 0 Å². The zero-order chi connectivity index (χ0) is 12.8. The van der Waals surface area contributed by atoms with E-state index in [1.807, 2.05) is 6.07 Å². The summed E-state index contributed by atoms with van der Waals surface area (Å²) in [5, 5.41) is 12.0. The molecule has 0 fully saturated rings. The van der Waals surface area contributed by atoms with Gasteiger partial charge in [-0.25, -0.2) is 0 Å². The van der Waals surface area contributed by atoms with Crippen LogP contribution in [0.1, 0.15) is 5.56 Å². The van der Waals surface area contributed by atoms with Gasteiger partial charge >= 0.3 is 0 Å². The van der Waals surface area contributed by atoms with Crippen LogP contribution in [-0.2, 0) is 6.54 Å². The van der Waals surface area contributed by atoms with Crippen LogP contribution in [-0.4, -0.2) is 18.3 Å². The molecule has 96 valence electrons. The van der Waals surface area contributed by atoms with E-state index in [4.69, 9.17) is 20.0 Å². The number of nitrogen functional groups attached to an aromatic ring is 1. The first kappa shape index (κ1) is 12.3. The van der Waals surface area contributed by atoms with Crippen molar-refractivity contribution in [2.75, 3.05) is 24.3 Å². The van der Waals surface area contributed by atoms with Crippen molar-refractivity contribution < 1.29 is 14.3 Å². The average Bonchev–Trinajstić information content (AvgIpc) is 2.88. The van der Waals surface area contributed by atoms with Gasteiger partial charge in [-0.1, -0.05) is 0 Å². The van der Waals surface area contributed by atoms with Gasteiger partial charge in [0.05, 0.1) is 24.8 Å². The van der Waals surface area contributed by atoms with E-state index in [1.165, 1.54) is 0 Å². The molecule has 0 aliphatic rings.